The van der Waals surface area contributed by atoms with E-state index in [0.717, 1.165) is 22.4 Å². The van der Waals surface area contributed by atoms with Crippen LogP contribution in [-0.4, -0.2) is 18.0 Å². The lowest BCUT2D eigenvalue weighted by Crippen LogP contribution is -2.47. The Morgan fingerprint density at radius 2 is 1.68 bits per heavy atom. The molecule has 1 heterocycles. The average molecular weight is 427 g/mol. The molecule has 0 radical (unpaired) electrons. The van der Waals surface area contributed by atoms with E-state index in [1.54, 1.807) is 7.11 Å². The summed E-state index contributed by atoms with van der Waals surface area (Å²) in [7, 11) is 1.65. The molecule has 1 atom stereocenters. The number of rotatable bonds is 3. The standard InChI is InChI=1S/C26H22N2O2S/c1-26(24(29)28-25-27-21-12-11-15(30-2)13-22(21)31-25)14-20-16-7-3-5-9-18(16)23(26)19-10-6-4-8-17(19)20/h3-13,20,23H,14H2,1-2H3,(H,27,28,29)/t20?,23?,26-/m0/s1. The Bertz CT molecular complexity index is 1300. The Hall–Kier alpha value is -3.18. The smallest absolute Gasteiger partial charge is 0.233 e. The van der Waals surface area contributed by atoms with Gasteiger partial charge in [-0.05, 0) is 53.8 Å². The lowest BCUT2D eigenvalue weighted by Gasteiger charge is -2.50. The Balaban J connectivity index is 1.40. The van der Waals surface area contributed by atoms with Crippen LogP contribution >= 0.6 is 11.3 Å². The molecule has 0 saturated carbocycles. The largest absolute Gasteiger partial charge is 0.497 e. The number of carbonyl (C=O) groups excluding carboxylic acids is 1. The van der Waals surface area contributed by atoms with Gasteiger partial charge in [0.15, 0.2) is 5.13 Å². The summed E-state index contributed by atoms with van der Waals surface area (Å²) in [5.41, 5.74) is 5.62. The Labute approximate surface area is 184 Å². The van der Waals surface area contributed by atoms with Gasteiger partial charge in [-0.15, -0.1) is 0 Å². The third-order valence-electron chi connectivity index (χ3n) is 6.96. The van der Waals surface area contributed by atoms with Crippen molar-refractivity contribution in [1.29, 1.82) is 0 Å². The quantitative estimate of drug-likeness (QED) is 0.442. The Kier molecular flexibility index (Phi) is 3.99. The zero-order valence-electron chi connectivity index (χ0n) is 17.4. The molecule has 3 aliphatic rings. The van der Waals surface area contributed by atoms with E-state index in [1.165, 1.54) is 33.6 Å². The van der Waals surface area contributed by atoms with Crippen molar-refractivity contribution in [3.8, 4) is 5.75 Å². The number of methoxy groups -OCH3 is 1. The van der Waals surface area contributed by atoms with Crippen molar-refractivity contribution in [2.24, 2.45) is 5.41 Å². The molecule has 0 spiro atoms. The lowest BCUT2D eigenvalue weighted by molar-refractivity contribution is -0.126. The molecule has 154 valence electrons. The summed E-state index contributed by atoms with van der Waals surface area (Å²) in [5, 5.41) is 3.79. The number of nitrogens with one attached hydrogen (secondary N) is 1. The van der Waals surface area contributed by atoms with Gasteiger partial charge >= 0.3 is 0 Å². The zero-order chi connectivity index (χ0) is 21.2. The second-order valence-corrected chi connectivity index (χ2v) is 9.70. The van der Waals surface area contributed by atoms with Gasteiger partial charge in [0.1, 0.15) is 5.75 Å². The summed E-state index contributed by atoms with van der Waals surface area (Å²) in [4.78, 5) is 18.4. The summed E-state index contributed by atoms with van der Waals surface area (Å²) in [5.74, 6) is 1.11. The molecule has 2 bridgehead atoms. The van der Waals surface area contributed by atoms with E-state index in [9.17, 15) is 4.79 Å². The van der Waals surface area contributed by atoms with Crippen LogP contribution in [0.15, 0.2) is 66.7 Å². The van der Waals surface area contributed by atoms with Gasteiger partial charge < -0.3 is 10.1 Å². The zero-order valence-corrected chi connectivity index (χ0v) is 18.2. The molecule has 0 unspecified atom stereocenters. The fourth-order valence-corrected chi connectivity index (χ4v) is 6.40. The minimum atomic E-state index is -0.539. The molecule has 5 heteroatoms. The van der Waals surface area contributed by atoms with E-state index in [4.69, 9.17) is 4.74 Å². The number of fused-ring (bicyclic) bond motifs is 2. The molecular weight excluding hydrogens is 404 g/mol. The number of benzene rings is 3. The molecule has 1 amide bonds. The van der Waals surface area contributed by atoms with E-state index in [0.29, 0.717) is 5.13 Å². The molecule has 3 aliphatic carbocycles. The first-order valence-corrected chi connectivity index (χ1v) is 11.3. The molecule has 0 fully saturated rings. The third kappa shape index (κ3) is 2.66. The highest BCUT2D eigenvalue weighted by molar-refractivity contribution is 7.22. The summed E-state index contributed by atoms with van der Waals surface area (Å²) in [6, 6.07) is 23.0. The first-order chi connectivity index (χ1) is 15.1. The third-order valence-corrected chi connectivity index (χ3v) is 7.90. The Morgan fingerprint density at radius 3 is 2.32 bits per heavy atom. The van der Waals surface area contributed by atoms with Gasteiger partial charge in [-0.1, -0.05) is 59.9 Å². The van der Waals surface area contributed by atoms with Crippen molar-refractivity contribution in [1.82, 2.24) is 4.98 Å². The molecule has 31 heavy (non-hydrogen) atoms. The average Bonchev–Trinajstić information content (AvgIpc) is 3.20. The molecule has 7 rings (SSSR count). The van der Waals surface area contributed by atoms with Crippen molar-refractivity contribution in [2.75, 3.05) is 12.4 Å². The van der Waals surface area contributed by atoms with Gasteiger partial charge in [0.25, 0.3) is 0 Å². The molecule has 0 aliphatic heterocycles. The lowest BCUT2D eigenvalue weighted by atomic mass is 9.52. The summed E-state index contributed by atoms with van der Waals surface area (Å²) in [6.07, 6.45) is 0.802. The molecular formula is C26H22N2O2S. The van der Waals surface area contributed by atoms with Crippen LogP contribution in [0.5, 0.6) is 5.75 Å². The van der Waals surface area contributed by atoms with Crippen molar-refractivity contribution < 1.29 is 9.53 Å². The van der Waals surface area contributed by atoms with Crippen molar-refractivity contribution in [2.45, 2.75) is 25.2 Å². The second-order valence-electron chi connectivity index (χ2n) is 8.67. The number of anilines is 1. The maximum atomic E-state index is 13.7. The van der Waals surface area contributed by atoms with Crippen molar-refractivity contribution in [3.63, 3.8) is 0 Å². The monoisotopic (exact) mass is 426 g/mol. The molecule has 3 aromatic carbocycles. The van der Waals surface area contributed by atoms with E-state index in [2.05, 4.69) is 65.8 Å². The number of ether oxygens (including phenoxy) is 1. The SMILES string of the molecule is COc1ccc2nc(NC(=O)[C@@]3(C)CC4c5ccccc5C3c3ccccc34)sc2c1. The molecule has 4 nitrogen and oxygen atoms in total. The molecule has 4 aromatic rings. The minimum Gasteiger partial charge on any atom is -0.497 e. The number of thiazole rings is 1. The van der Waals surface area contributed by atoms with Gasteiger partial charge in [-0.25, -0.2) is 4.98 Å². The molecule has 1 N–H and O–H groups in total. The van der Waals surface area contributed by atoms with Crippen molar-refractivity contribution in [3.05, 3.63) is 89.0 Å². The van der Waals surface area contributed by atoms with Crippen LogP contribution in [0, 0.1) is 5.41 Å². The van der Waals surface area contributed by atoms with Crippen LogP contribution in [0.1, 0.15) is 47.4 Å². The number of amides is 1. The van der Waals surface area contributed by atoms with Gasteiger partial charge in [0.05, 0.1) is 22.7 Å². The number of aromatic nitrogens is 1. The number of carbonyl (C=O) groups is 1. The molecule has 1 aromatic heterocycles. The summed E-state index contributed by atoms with van der Waals surface area (Å²) < 4.78 is 6.32. The van der Waals surface area contributed by atoms with Crippen LogP contribution in [0.2, 0.25) is 0 Å². The normalized spacial score (nSPS) is 23.3. The van der Waals surface area contributed by atoms with Gasteiger partial charge in [-0.3, -0.25) is 4.79 Å². The fourth-order valence-electron chi connectivity index (χ4n) is 5.51. The van der Waals surface area contributed by atoms with Crippen LogP contribution in [0.4, 0.5) is 5.13 Å². The van der Waals surface area contributed by atoms with E-state index in [1.807, 2.05) is 18.2 Å². The van der Waals surface area contributed by atoms with Crippen LogP contribution in [0.3, 0.4) is 0 Å². The van der Waals surface area contributed by atoms with Gasteiger partial charge in [0.2, 0.25) is 5.91 Å². The topological polar surface area (TPSA) is 51.2 Å². The predicted molar refractivity (Wildman–Crippen MR) is 124 cm³/mol. The van der Waals surface area contributed by atoms with Crippen LogP contribution in [-0.2, 0) is 4.79 Å². The van der Waals surface area contributed by atoms with Gasteiger partial charge in [0, 0.05) is 11.8 Å². The maximum absolute atomic E-state index is 13.7. The predicted octanol–water partition coefficient (Wildman–Crippen LogP) is 5.93. The minimum absolute atomic E-state index is 0.0394. The highest BCUT2D eigenvalue weighted by Crippen LogP contribution is 2.61. The Morgan fingerprint density at radius 1 is 1.03 bits per heavy atom. The summed E-state index contributed by atoms with van der Waals surface area (Å²) >= 11 is 1.49. The van der Waals surface area contributed by atoms with Crippen molar-refractivity contribution >= 4 is 32.6 Å². The summed E-state index contributed by atoms with van der Waals surface area (Å²) in [6.45, 7) is 2.11. The first-order valence-electron chi connectivity index (χ1n) is 10.5. The second kappa shape index (κ2) is 6.66. The van der Waals surface area contributed by atoms with Crippen LogP contribution < -0.4 is 10.1 Å². The highest BCUT2D eigenvalue weighted by Gasteiger charge is 2.53. The highest BCUT2D eigenvalue weighted by atomic mass is 32.1. The maximum Gasteiger partial charge on any atom is 0.233 e. The number of hydrogen-bond acceptors (Lipinski definition) is 4. The molecule has 0 saturated heterocycles. The van der Waals surface area contributed by atoms with E-state index < -0.39 is 5.41 Å². The van der Waals surface area contributed by atoms with Gasteiger partial charge in [-0.2, -0.15) is 0 Å². The van der Waals surface area contributed by atoms with E-state index in [-0.39, 0.29) is 17.7 Å². The van der Waals surface area contributed by atoms with Crippen LogP contribution in [0.25, 0.3) is 10.2 Å². The fraction of sp³-hybridized carbons (Fsp3) is 0.231. The van der Waals surface area contributed by atoms with E-state index >= 15 is 0 Å². The number of nitrogens with zero attached hydrogens (tertiary/aromatic N) is 1. The number of hydrogen-bond donors (Lipinski definition) is 1. The first kappa shape index (κ1) is 18.6.